The summed E-state index contributed by atoms with van der Waals surface area (Å²) in [5.41, 5.74) is 0. The highest BCUT2D eigenvalue weighted by Gasteiger charge is 2.48. The van der Waals surface area contributed by atoms with Gasteiger partial charge in [0, 0.05) is 0 Å². The van der Waals surface area contributed by atoms with Crippen molar-refractivity contribution in [1.29, 1.82) is 0 Å². The maximum Gasteiger partial charge on any atom is 0.324 e. The Labute approximate surface area is 74.8 Å². The summed E-state index contributed by atoms with van der Waals surface area (Å²) in [7, 11) is -3.09. The van der Waals surface area contributed by atoms with Gasteiger partial charge < -0.3 is 5.32 Å². The fourth-order valence-electron chi connectivity index (χ4n) is 1.75. The molecule has 72 valence electrons. The summed E-state index contributed by atoms with van der Waals surface area (Å²) in [4.78, 5) is 22.4. The average molecular weight is 204 g/mol. The zero-order valence-corrected chi connectivity index (χ0v) is 7.45. The molecule has 2 heterocycles. The smallest absolute Gasteiger partial charge is 0.324 e. The van der Waals surface area contributed by atoms with E-state index in [2.05, 4.69) is 5.32 Å². The largest absolute Gasteiger partial charge is 0.332 e. The van der Waals surface area contributed by atoms with Gasteiger partial charge in [-0.1, -0.05) is 0 Å². The van der Waals surface area contributed by atoms with Crippen LogP contribution in [-0.2, 0) is 14.6 Å². The first-order valence-electron chi connectivity index (χ1n) is 3.78. The zero-order valence-electron chi connectivity index (χ0n) is 6.63. The molecule has 2 saturated heterocycles. The van der Waals surface area contributed by atoms with E-state index in [0.717, 1.165) is 4.90 Å². The number of hydrogen-bond acceptors (Lipinski definition) is 4. The molecule has 0 aromatic heterocycles. The molecule has 0 aromatic rings. The molecule has 13 heavy (non-hydrogen) atoms. The van der Waals surface area contributed by atoms with Gasteiger partial charge in [0.1, 0.15) is 0 Å². The lowest BCUT2D eigenvalue weighted by atomic mass is 10.2. The van der Waals surface area contributed by atoms with Gasteiger partial charge in [0.15, 0.2) is 9.84 Å². The Morgan fingerprint density at radius 2 is 2.15 bits per heavy atom. The molecule has 2 atom stereocenters. The van der Waals surface area contributed by atoms with E-state index in [1.54, 1.807) is 0 Å². The normalized spacial score (nSPS) is 35.7. The summed E-state index contributed by atoms with van der Waals surface area (Å²) in [5.74, 6) is -0.178. The highest BCUT2D eigenvalue weighted by Crippen LogP contribution is 2.22. The number of amides is 3. The Bertz CT molecular complexity index is 363. The number of fused-ring (bicyclic) bond motifs is 1. The van der Waals surface area contributed by atoms with Crippen LogP contribution in [0.15, 0.2) is 0 Å². The van der Waals surface area contributed by atoms with Gasteiger partial charge >= 0.3 is 6.03 Å². The van der Waals surface area contributed by atoms with E-state index in [4.69, 9.17) is 0 Å². The molecule has 2 rings (SSSR count). The molecule has 2 aliphatic heterocycles. The highest BCUT2D eigenvalue weighted by molar-refractivity contribution is 7.91. The van der Waals surface area contributed by atoms with Gasteiger partial charge in [-0.3, -0.25) is 9.69 Å². The molecule has 3 amide bonds. The quantitative estimate of drug-likeness (QED) is 0.409. The van der Waals surface area contributed by atoms with E-state index < -0.39 is 28.0 Å². The molecule has 0 aliphatic carbocycles. The minimum Gasteiger partial charge on any atom is -0.332 e. The predicted octanol–water partition coefficient (Wildman–Crippen LogP) is -1.67. The van der Waals surface area contributed by atoms with Crippen LogP contribution >= 0.6 is 0 Å². The number of nitrogens with zero attached hydrogens (tertiary/aromatic N) is 1. The molecule has 2 aliphatic rings. The maximum atomic E-state index is 11.1. The molecule has 2 fully saturated rings. The van der Waals surface area contributed by atoms with Crippen LogP contribution in [0.25, 0.3) is 0 Å². The Morgan fingerprint density at radius 3 is 2.77 bits per heavy atom. The lowest BCUT2D eigenvalue weighted by Crippen LogP contribution is -2.35. The number of imide groups is 1. The SMILES string of the molecule is O=CN1C(=O)N[C@H]2CS(=O)(=O)C[C@@H]21. The Kier molecular flexibility index (Phi) is 1.59. The first-order chi connectivity index (χ1) is 6.03. The summed E-state index contributed by atoms with van der Waals surface area (Å²) in [6, 6.07) is -1.42. The fraction of sp³-hybridized carbons (Fsp3) is 0.667. The van der Waals surface area contributed by atoms with E-state index in [0.29, 0.717) is 6.41 Å². The minimum atomic E-state index is -3.09. The van der Waals surface area contributed by atoms with Crippen molar-refractivity contribution in [3.05, 3.63) is 0 Å². The molecule has 0 spiro atoms. The number of nitrogens with one attached hydrogen (secondary N) is 1. The Morgan fingerprint density at radius 1 is 1.46 bits per heavy atom. The fourth-order valence-corrected chi connectivity index (χ4v) is 3.65. The van der Waals surface area contributed by atoms with Crippen molar-refractivity contribution in [2.24, 2.45) is 0 Å². The van der Waals surface area contributed by atoms with E-state index in [9.17, 15) is 18.0 Å². The lowest BCUT2D eigenvalue weighted by molar-refractivity contribution is -0.116. The van der Waals surface area contributed by atoms with Crippen molar-refractivity contribution in [2.75, 3.05) is 11.5 Å². The van der Waals surface area contributed by atoms with Crippen LogP contribution in [0, 0.1) is 0 Å². The van der Waals surface area contributed by atoms with E-state index in [1.165, 1.54) is 0 Å². The molecule has 0 radical (unpaired) electrons. The number of rotatable bonds is 1. The lowest BCUT2D eigenvalue weighted by Gasteiger charge is -2.11. The van der Waals surface area contributed by atoms with Gasteiger partial charge in [-0.05, 0) is 0 Å². The van der Waals surface area contributed by atoms with Gasteiger partial charge in [0.25, 0.3) is 0 Å². The number of hydrogen-bond donors (Lipinski definition) is 1. The Balaban J connectivity index is 2.29. The van der Waals surface area contributed by atoms with Crippen molar-refractivity contribution < 1.29 is 18.0 Å². The third kappa shape index (κ3) is 1.19. The van der Waals surface area contributed by atoms with Crippen molar-refractivity contribution in [1.82, 2.24) is 10.2 Å². The standard InChI is InChI=1S/C6H8N2O4S/c9-3-8-5-2-13(11,12)1-4(5)7-6(8)10/h3-5H,1-2H2,(H,7,10)/t4-,5-/m0/s1. The van der Waals surface area contributed by atoms with Crippen molar-refractivity contribution in [2.45, 2.75) is 12.1 Å². The number of carbonyl (C=O) groups is 2. The molecular formula is C6H8N2O4S. The molecule has 0 saturated carbocycles. The summed E-state index contributed by atoms with van der Waals surface area (Å²) in [6.07, 6.45) is 0.376. The van der Waals surface area contributed by atoms with Crippen molar-refractivity contribution >= 4 is 22.3 Å². The summed E-state index contributed by atoms with van der Waals surface area (Å²) in [6.45, 7) is 0. The highest BCUT2D eigenvalue weighted by atomic mass is 32.2. The van der Waals surface area contributed by atoms with Gasteiger partial charge in [0.05, 0.1) is 23.6 Å². The number of urea groups is 1. The first kappa shape index (κ1) is 8.49. The molecular weight excluding hydrogens is 196 g/mol. The number of carbonyl (C=O) groups excluding carboxylic acids is 2. The minimum absolute atomic E-state index is 0.0618. The third-order valence-electron chi connectivity index (χ3n) is 2.34. The molecule has 0 bridgehead atoms. The summed E-state index contributed by atoms with van der Waals surface area (Å²) >= 11 is 0. The molecule has 0 unspecified atom stereocenters. The second-order valence-electron chi connectivity index (χ2n) is 3.21. The monoisotopic (exact) mass is 204 g/mol. The van der Waals surface area contributed by atoms with Crippen LogP contribution < -0.4 is 5.32 Å². The van der Waals surface area contributed by atoms with Crippen LogP contribution in [-0.4, -0.2) is 49.3 Å². The van der Waals surface area contributed by atoms with E-state index >= 15 is 0 Å². The van der Waals surface area contributed by atoms with Crippen LogP contribution in [0.3, 0.4) is 0 Å². The molecule has 7 heteroatoms. The van der Waals surface area contributed by atoms with E-state index in [-0.39, 0.29) is 11.5 Å². The zero-order chi connectivity index (χ0) is 9.64. The van der Waals surface area contributed by atoms with Crippen LogP contribution in [0.5, 0.6) is 0 Å². The first-order valence-corrected chi connectivity index (χ1v) is 5.60. The molecule has 1 N–H and O–H groups in total. The Hall–Kier alpha value is -1.11. The molecule has 6 nitrogen and oxygen atoms in total. The average Bonchev–Trinajstić information content (AvgIpc) is 2.39. The van der Waals surface area contributed by atoms with Crippen LogP contribution in [0.2, 0.25) is 0 Å². The van der Waals surface area contributed by atoms with Crippen molar-refractivity contribution in [3.8, 4) is 0 Å². The van der Waals surface area contributed by atoms with Gasteiger partial charge in [0.2, 0.25) is 6.41 Å². The summed E-state index contributed by atoms with van der Waals surface area (Å²) in [5, 5.41) is 2.45. The van der Waals surface area contributed by atoms with Crippen molar-refractivity contribution in [3.63, 3.8) is 0 Å². The van der Waals surface area contributed by atoms with E-state index in [1.807, 2.05) is 0 Å². The summed E-state index contributed by atoms with van der Waals surface area (Å²) < 4.78 is 22.2. The van der Waals surface area contributed by atoms with Gasteiger partial charge in [-0.15, -0.1) is 0 Å². The van der Waals surface area contributed by atoms with Crippen LogP contribution in [0.4, 0.5) is 4.79 Å². The predicted molar refractivity (Wildman–Crippen MR) is 42.7 cm³/mol. The van der Waals surface area contributed by atoms with Gasteiger partial charge in [-0.25, -0.2) is 13.2 Å². The topological polar surface area (TPSA) is 83.6 Å². The van der Waals surface area contributed by atoms with Gasteiger partial charge in [-0.2, -0.15) is 0 Å². The van der Waals surface area contributed by atoms with Crippen LogP contribution in [0.1, 0.15) is 0 Å². The third-order valence-corrected chi connectivity index (χ3v) is 4.05. The number of sulfone groups is 1. The molecule has 0 aromatic carbocycles. The second-order valence-corrected chi connectivity index (χ2v) is 5.37. The second kappa shape index (κ2) is 2.44. The maximum absolute atomic E-state index is 11.1.